The van der Waals surface area contributed by atoms with Crippen molar-refractivity contribution in [2.75, 3.05) is 18.9 Å². The molecule has 180 valence electrons. The summed E-state index contributed by atoms with van der Waals surface area (Å²) in [5.41, 5.74) is 2.90. The zero-order valence-corrected chi connectivity index (χ0v) is 21.3. The molecule has 1 aromatic rings. The Balaban J connectivity index is 0. The van der Waals surface area contributed by atoms with Gasteiger partial charge in [0.2, 0.25) is 6.41 Å². The van der Waals surface area contributed by atoms with Crippen LogP contribution < -0.4 is 5.32 Å². The molecule has 32 heavy (non-hydrogen) atoms. The summed E-state index contributed by atoms with van der Waals surface area (Å²) in [6.45, 7) is 14.9. The second-order valence-corrected chi connectivity index (χ2v) is 8.17. The highest BCUT2D eigenvalue weighted by Gasteiger charge is 2.08. The molecule has 1 unspecified atom stereocenters. The van der Waals surface area contributed by atoms with E-state index in [4.69, 9.17) is 5.11 Å². The van der Waals surface area contributed by atoms with Crippen LogP contribution in [0.15, 0.2) is 54.6 Å². The Morgan fingerprint density at radius 2 is 1.66 bits per heavy atom. The summed E-state index contributed by atoms with van der Waals surface area (Å²) in [4.78, 5) is 22.9. The number of amides is 2. The normalized spacial score (nSPS) is 12.0. The van der Waals surface area contributed by atoms with Gasteiger partial charge >= 0.3 is 0 Å². The van der Waals surface area contributed by atoms with Crippen molar-refractivity contribution in [1.29, 1.82) is 0 Å². The number of hydrogen-bond acceptors (Lipinski definition) is 3. The Kier molecular flexibility index (Phi) is 20.0. The van der Waals surface area contributed by atoms with E-state index in [1.807, 2.05) is 68.5 Å². The Morgan fingerprint density at radius 3 is 2.09 bits per heavy atom. The molecule has 0 aliphatic rings. The molecule has 5 heteroatoms. The molecule has 1 rings (SSSR count). The average Bonchev–Trinajstić information content (AvgIpc) is 2.75. The lowest BCUT2D eigenvalue weighted by atomic mass is 10.1. The summed E-state index contributed by atoms with van der Waals surface area (Å²) in [5, 5.41) is 11.8. The van der Waals surface area contributed by atoms with Crippen LogP contribution in [0, 0.1) is 5.92 Å². The highest BCUT2D eigenvalue weighted by atomic mass is 16.3. The molecule has 0 bridgehead atoms. The molecule has 2 N–H and O–H groups in total. The van der Waals surface area contributed by atoms with E-state index in [1.54, 1.807) is 11.9 Å². The monoisotopic (exact) mass is 444 g/mol. The van der Waals surface area contributed by atoms with E-state index in [0.29, 0.717) is 5.69 Å². The van der Waals surface area contributed by atoms with Gasteiger partial charge in [-0.2, -0.15) is 0 Å². The Labute approximate surface area is 195 Å². The van der Waals surface area contributed by atoms with E-state index in [1.165, 1.54) is 6.92 Å². The minimum absolute atomic E-state index is 0.403. The SMILES string of the molecule is CC(C)C.CCCCN(C)C=O.C\C=C/C=C\C=C(/C)c1ccc(NC(=O)C(C)O)cc1. The summed E-state index contributed by atoms with van der Waals surface area (Å²) in [7, 11) is 1.79. The van der Waals surface area contributed by atoms with Crippen molar-refractivity contribution in [2.24, 2.45) is 5.92 Å². The molecule has 0 spiro atoms. The average molecular weight is 445 g/mol. The van der Waals surface area contributed by atoms with Crippen LogP contribution in [-0.4, -0.2) is 42.0 Å². The highest BCUT2D eigenvalue weighted by molar-refractivity contribution is 5.93. The van der Waals surface area contributed by atoms with Crippen LogP contribution in [0.5, 0.6) is 0 Å². The molecule has 5 nitrogen and oxygen atoms in total. The molecule has 0 aromatic heterocycles. The number of aliphatic hydroxyl groups excluding tert-OH is 1. The van der Waals surface area contributed by atoms with Gasteiger partial charge in [0.15, 0.2) is 0 Å². The van der Waals surface area contributed by atoms with Gasteiger partial charge in [-0.15, -0.1) is 0 Å². The molecular formula is C27H44N2O3. The standard InChI is InChI=1S/C17H21NO2.C6H13NO.C4H10/c1-4-5-6-7-8-13(2)15-9-11-16(12-10-15)18-17(20)14(3)19;1-3-4-5-7(2)6-8;1-4(2)3/h4-12,14,19H,1-3H3,(H,18,20);6H,3-5H2,1-2H3;4H,1-3H3/b5-4-,7-6-,13-8+;;. The van der Waals surface area contributed by atoms with Crippen LogP contribution in [0.25, 0.3) is 5.57 Å². The molecule has 0 aliphatic carbocycles. The predicted octanol–water partition coefficient (Wildman–Crippen LogP) is 6.08. The first-order valence-electron chi connectivity index (χ1n) is 11.3. The Hall–Kier alpha value is -2.66. The zero-order valence-electron chi connectivity index (χ0n) is 21.3. The smallest absolute Gasteiger partial charge is 0.252 e. The second-order valence-electron chi connectivity index (χ2n) is 8.17. The van der Waals surface area contributed by atoms with Crippen molar-refractivity contribution in [3.63, 3.8) is 0 Å². The summed E-state index contributed by atoms with van der Waals surface area (Å²) < 4.78 is 0. The van der Waals surface area contributed by atoms with Gasteiger partial charge in [-0.05, 0) is 56.4 Å². The molecule has 0 saturated heterocycles. The molecule has 0 heterocycles. The molecule has 2 amide bonds. The number of carbonyl (C=O) groups is 2. The summed E-state index contributed by atoms with van der Waals surface area (Å²) >= 11 is 0. The number of benzene rings is 1. The fourth-order valence-electron chi connectivity index (χ4n) is 1.99. The minimum Gasteiger partial charge on any atom is -0.384 e. The molecule has 0 radical (unpaired) electrons. The number of nitrogens with zero attached hydrogens (tertiary/aromatic N) is 1. The molecule has 0 aliphatic heterocycles. The lowest BCUT2D eigenvalue weighted by Crippen LogP contribution is -2.24. The Bertz CT molecular complexity index is 699. The van der Waals surface area contributed by atoms with Gasteiger partial charge in [0.1, 0.15) is 6.10 Å². The lowest BCUT2D eigenvalue weighted by molar-refractivity contribution is -0.123. The van der Waals surface area contributed by atoms with Crippen LogP contribution in [0.4, 0.5) is 5.69 Å². The van der Waals surface area contributed by atoms with Crippen LogP contribution in [-0.2, 0) is 9.59 Å². The van der Waals surface area contributed by atoms with E-state index < -0.39 is 12.0 Å². The quantitative estimate of drug-likeness (QED) is 0.358. The molecule has 0 fully saturated rings. The first-order chi connectivity index (χ1) is 15.1. The minimum atomic E-state index is -1.01. The summed E-state index contributed by atoms with van der Waals surface area (Å²) in [6, 6.07) is 7.52. The fourth-order valence-corrected chi connectivity index (χ4v) is 1.99. The van der Waals surface area contributed by atoms with E-state index in [9.17, 15) is 9.59 Å². The second kappa shape index (κ2) is 20.3. The van der Waals surface area contributed by atoms with E-state index >= 15 is 0 Å². The van der Waals surface area contributed by atoms with E-state index in [-0.39, 0.29) is 0 Å². The van der Waals surface area contributed by atoms with Crippen molar-refractivity contribution in [3.05, 3.63) is 60.2 Å². The van der Waals surface area contributed by atoms with Crippen LogP contribution in [0.2, 0.25) is 0 Å². The molecule has 1 atom stereocenters. The van der Waals surface area contributed by atoms with Crippen molar-refractivity contribution in [3.8, 4) is 0 Å². The maximum Gasteiger partial charge on any atom is 0.252 e. The number of allylic oxidation sites excluding steroid dienone is 6. The largest absolute Gasteiger partial charge is 0.384 e. The van der Waals surface area contributed by atoms with Gasteiger partial charge in [0, 0.05) is 19.3 Å². The zero-order chi connectivity index (χ0) is 24.9. The van der Waals surface area contributed by atoms with Crippen molar-refractivity contribution >= 4 is 23.6 Å². The van der Waals surface area contributed by atoms with E-state index in [2.05, 4.69) is 33.0 Å². The van der Waals surface area contributed by atoms with Gasteiger partial charge in [0.05, 0.1) is 0 Å². The molecular weight excluding hydrogens is 400 g/mol. The number of unbranched alkanes of at least 4 members (excludes halogenated alkanes) is 1. The topological polar surface area (TPSA) is 69.6 Å². The number of aliphatic hydroxyl groups is 1. The molecule has 1 aromatic carbocycles. The lowest BCUT2D eigenvalue weighted by Gasteiger charge is -2.08. The van der Waals surface area contributed by atoms with Crippen molar-refractivity contribution in [1.82, 2.24) is 4.90 Å². The number of rotatable bonds is 9. The van der Waals surface area contributed by atoms with Gasteiger partial charge in [-0.1, -0.05) is 76.6 Å². The molecule has 0 saturated carbocycles. The third-order valence-corrected chi connectivity index (χ3v) is 3.79. The Morgan fingerprint density at radius 1 is 1.09 bits per heavy atom. The highest BCUT2D eigenvalue weighted by Crippen LogP contribution is 2.17. The number of nitrogens with one attached hydrogen (secondary N) is 1. The van der Waals surface area contributed by atoms with Crippen LogP contribution in [0.3, 0.4) is 0 Å². The third kappa shape index (κ3) is 19.3. The summed E-state index contributed by atoms with van der Waals surface area (Å²) in [5.74, 6) is 0.430. The third-order valence-electron chi connectivity index (χ3n) is 3.79. The van der Waals surface area contributed by atoms with Crippen molar-refractivity contribution < 1.29 is 14.7 Å². The van der Waals surface area contributed by atoms with Gasteiger partial charge in [-0.25, -0.2) is 0 Å². The van der Waals surface area contributed by atoms with Crippen LogP contribution in [0.1, 0.15) is 66.9 Å². The first-order valence-corrected chi connectivity index (χ1v) is 11.3. The summed E-state index contributed by atoms with van der Waals surface area (Å²) in [6.07, 6.45) is 12.0. The maximum atomic E-state index is 11.3. The van der Waals surface area contributed by atoms with Crippen LogP contribution >= 0.6 is 0 Å². The van der Waals surface area contributed by atoms with Gasteiger partial charge in [0.25, 0.3) is 5.91 Å². The maximum absolute atomic E-state index is 11.3. The first kappa shape index (κ1) is 31.5. The number of anilines is 1. The number of carbonyl (C=O) groups excluding carboxylic acids is 2. The van der Waals surface area contributed by atoms with Gasteiger partial charge in [-0.3, -0.25) is 9.59 Å². The number of hydrogen-bond donors (Lipinski definition) is 2. The van der Waals surface area contributed by atoms with Gasteiger partial charge < -0.3 is 15.3 Å². The predicted molar refractivity (Wildman–Crippen MR) is 138 cm³/mol. The fraction of sp³-hybridized carbons (Fsp3) is 0.481. The van der Waals surface area contributed by atoms with Crippen molar-refractivity contribution in [2.45, 2.75) is 67.4 Å². The van der Waals surface area contributed by atoms with E-state index in [0.717, 1.165) is 42.9 Å².